The van der Waals surface area contributed by atoms with Crippen molar-refractivity contribution in [3.05, 3.63) is 77.9 Å². The van der Waals surface area contributed by atoms with E-state index in [1.165, 1.54) is 9.87 Å². The van der Waals surface area contributed by atoms with Crippen molar-refractivity contribution in [3.63, 3.8) is 0 Å². The van der Waals surface area contributed by atoms with Gasteiger partial charge in [-0.3, -0.25) is 4.79 Å². The number of amides is 1. The molecule has 0 N–H and O–H groups in total. The number of carbonyl (C=O) groups is 1. The van der Waals surface area contributed by atoms with Crippen LogP contribution in [0, 0.1) is 0 Å². The van der Waals surface area contributed by atoms with E-state index in [0.29, 0.717) is 19.5 Å². The number of sulfonamides is 1. The second-order valence-corrected chi connectivity index (χ2v) is 10.4. The Labute approximate surface area is 190 Å². The van der Waals surface area contributed by atoms with Crippen LogP contribution < -0.4 is 0 Å². The smallest absolute Gasteiger partial charge is 0.243 e. The Morgan fingerprint density at radius 3 is 2.53 bits per heavy atom. The summed E-state index contributed by atoms with van der Waals surface area (Å²) in [7, 11) is -3.79. The van der Waals surface area contributed by atoms with Crippen LogP contribution in [-0.4, -0.2) is 43.2 Å². The maximum absolute atomic E-state index is 13.5. The predicted octanol–water partition coefficient (Wildman–Crippen LogP) is 4.78. The third-order valence-corrected chi connectivity index (χ3v) is 8.19. The monoisotopic (exact) mass is 450 g/mol. The van der Waals surface area contributed by atoms with E-state index in [1.807, 2.05) is 61.2 Å². The van der Waals surface area contributed by atoms with Gasteiger partial charge in [0.15, 0.2) is 0 Å². The van der Waals surface area contributed by atoms with Crippen molar-refractivity contribution < 1.29 is 13.2 Å². The zero-order valence-corrected chi connectivity index (χ0v) is 19.5. The van der Waals surface area contributed by atoms with E-state index < -0.39 is 10.0 Å². The van der Waals surface area contributed by atoms with Gasteiger partial charge < -0.3 is 4.90 Å². The van der Waals surface area contributed by atoms with Crippen LogP contribution in [0.1, 0.15) is 43.9 Å². The average Bonchev–Trinajstić information content (AvgIpc) is 2.81. The van der Waals surface area contributed by atoms with Crippen LogP contribution in [0.5, 0.6) is 0 Å². The van der Waals surface area contributed by atoms with Crippen molar-refractivity contribution in [2.75, 3.05) is 19.6 Å². The zero-order valence-electron chi connectivity index (χ0n) is 18.7. The molecule has 0 saturated heterocycles. The Morgan fingerprint density at radius 1 is 1.03 bits per heavy atom. The number of fused-ring (bicyclic) bond motifs is 2. The normalized spacial score (nSPS) is 16.3. The summed E-state index contributed by atoms with van der Waals surface area (Å²) >= 11 is 0. The molecule has 0 saturated carbocycles. The van der Waals surface area contributed by atoms with Gasteiger partial charge in [0.2, 0.25) is 15.9 Å². The van der Waals surface area contributed by atoms with Crippen molar-refractivity contribution in [1.29, 1.82) is 0 Å². The number of benzene rings is 3. The Bertz CT molecular complexity index is 1220. The van der Waals surface area contributed by atoms with Gasteiger partial charge in [-0.15, -0.1) is 0 Å². The predicted molar refractivity (Wildman–Crippen MR) is 128 cm³/mol. The molecule has 1 amide bonds. The van der Waals surface area contributed by atoms with Crippen LogP contribution in [0.4, 0.5) is 0 Å². The minimum absolute atomic E-state index is 0.0659. The molecule has 6 heteroatoms. The van der Waals surface area contributed by atoms with Crippen LogP contribution in [0.2, 0.25) is 0 Å². The maximum atomic E-state index is 13.5. The van der Waals surface area contributed by atoms with Crippen LogP contribution in [-0.2, 0) is 21.2 Å². The maximum Gasteiger partial charge on any atom is 0.243 e. The second-order valence-electron chi connectivity index (χ2n) is 8.41. The third-order valence-electron chi connectivity index (χ3n) is 6.35. The highest BCUT2D eigenvalue weighted by atomic mass is 32.2. The first-order valence-corrected chi connectivity index (χ1v) is 12.7. The molecule has 3 aromatic rings. The third kappa shape index (κ3) is 4.43. The summed E-state index contributed by atoms with van der Waals surface area (Å²) < 4.78 is 28.4. The average molecular weight is 451 g/mol. The molecular formula is C26H30N2O3S. The van der Waals surface area contributed by atoms with Gasteiger partial charge in [-0.05, 0) is 53.8 Å². The van der Waals surface area contributed by atoms with Crippen molar-refractivity contribution in [3.8, 4) is 0 Å². The topological polar surface area (TPSA) is 57.7 Å². The van der Waals surface area contributed by atoms with Crippen molar-refractivity contribution in [1.82, 2.24) is 9.21 Å². The van der Waals surface area contributed by atoms with Gasteiger partial charge in [0.05, 0.1) is 17.5 Å². The standard InChI is InChI=1S/C26H30N2O3S/c1-3-4-16-27(32(30,31)24-14-13-21-9-5-6-11-23(21)18-24)19-26(29)28-17-15-22-10-7-8-12-25(22)20(28)2/h5-14,18,20H,3-4,15-17,19H2,1-2H3. The minimum Gasteiger partial charge on any atom is -0.334 e. The van der Waals surface area contributed by atoms with Gasteiger partial charge in [-0.1, -0.05) is 67.9 Å². The van der Waals surface area contributed by atoms with Crippen molar-refractivity contribution in [2.45, 2.75) is 44.0 Å². The molecule has 1 atom stereocenters. The SMILES string of the molecule is CCCCN(CC(=O)N1CCc2ccccc2C1C)S(=O)(=O)c1ccc2ccccc2c1. The molecule has 0 spiro atoms. The fraction of sp³-hybridized carbons (Fsp3) is 0.346. The van der Waals surface area contributed by atoms with Gasteiger partial charge in [-0.25, -0.2) is 8.42 Å². The molecule has 0 fully saturated rings. The summed E-state index contributed by atoms with van der Waals surface area (Å²) in [5, 5.41) is 1.86. The molecule has 1 aliphatic rings. The van der Waals surface area contributed by atoms with E-state index in [4.69, 9.17) is 0 Å². The van der Waals surface area contributed by atoms with E-state index in [1.54, 1.807) is 12.1 Å². The molecule has 4 rings (SSSR count). The van der Waals surface area contributed by atoms with E-state index in [-0.39, 0.29) is 23.4 Å². The molecule has 0 aromatic heterocycles. The van der Waals surface area contributed by atoms with Gasteiger partial charge in [0.1, 0.15) is 0 Å². The summed E-state index contributed by atoms with van der Waals surface area (Å²) in [5.41, 5.74) is 2.40. The lowest BCUT2D eigenvalue weighted by Crippen LogP contribution is -2.46. The first-order valence-electron chi connectivity index (χ1n) is 11.3. The number of rotatable bonds is 7. The summed E-state index contributed by atoms with van der Waals surface area (Å²) in [6, 6.07) is 21.0. The molecule has 32 heavy (non-hydrogen) atoms. The number of hydrogen-bond donors (Lipinski definition) is 0. The molecule has 3 aromatic carbocycles. The number of hydrogen-bond acceptors (Lipinski definition) is 3. The highest BCUT2D eigenvalue weighted by Crippen LogP contribution is 2.30. The Balaban J connectivity index is 1.59. The van der Waals surface area contributed by atoms with Crippen molar-refractivity contribution in [2.24, 2.45) is 0 Å². The fourth-order valence-electron chi connectivity index (χ4n) is 4.45. The van der Waals surface area contributed by atoms with E-state index in [2.05, 4.69) is 12.1 Å². The molecule has 1 heterocycles. The molecule has 1 unspecified atom stereocenters. The van der Waals surface area contributed by atoms with Gasteiger partial charge in [-0.2, -0.15) is 4.31 Å². The zero-order chi connectivity index (χ0) is 22.7. The number of nitrogens with zero attached hydrogens (tertiary/aromatic N) is 2. The first-order chi connectivity index (χ1) is 15.4. The Hall–Kier alpha value is -2.70. The van der Waals surface area contributed by atoms with Crippen LogP contribution in [0.15, 0.2) is 71.6 Å². The number of carbonyl (C=O) groups excluding carboxylic acids is 1. The summed E-state index contributed by atoms with van der Waals surface area (Å²) in [5.74, 6) is -0.146. The second kappa shape index (κ2) is 9.43. The molecule has 0 aliphatic carbocycles. The molecule has 5 nitrogen and oxygen atoms in total. The Morgan fingerprint density at radius 2 is 1.75 bits per heavy atom. The largest absolute Gasteiger partial charge is 0.334 e. The van der Waals surface area contributed by atoms with Gasteiger partial charge in [0, 0.05) is 13.1 Å². The summed E-state index contributed by atoms with van der Waals surface area (Å²) in [6.07, 6.45) is 2.35. The van der Waals surface area contributed by atoms with E-state index in [9.17, 15) is 13.2 Å². The number of unbranched alkanes of at least 4 members (excludes halogenated alkanes) is 1. The molecular weight excluding hydrogens is 420 g/mol. The Kier molecular flexibility index (Phi) is 6.63. The highest BCUT2D eigenvalue weighted by molar-refractivity contribution is 7.89. The lowest BCUT2D eigenvalue weighted by Gasteiger charge is -2.36. The molecule has 0 radical (unpaired) electrons. The highest BCUT2D eigenvalue weighted by Gasteiger charge is 2.32. The lowest BCUT2D eigenvalue weighted by atomic mass is 9.93. The molecule has 1 aliphatic heterocycles. The van der Waals surface area contributed by atoms with E-state index >= 15 is 0 Å². The molecule has 0 bridgehead atoms. The van der Waals surface area contributed by atoms with Gasteiger partial charge >= 0.3 is 0 Å². The van der Waals surface area contributed by atoms with Gasteiger partial charge in [0.25, 0.3) is 0 Å². The molecule has 168 valence electrons. The fourth-order valence-corrected chi connectivity index (χ4v) is 5.91. The lowest BCUT2D eigenvalue weighted by molar-refractivity contribution is -0.134. The van der Waals surface area contributed by atoms with E-state index in [0.717, 1.165) is 29.2 Å². The first kappa shape index (κ1) is 22.5. The summed E-state index contributed by atoms with van der Waals surface area (Å²) in [4.78, 5) is 15.4. The van der Waals surface area contributed by atoms with Crippen LogP contribution >= 0.6 is 0 Å². The van der Waals surface area contributed by atoms with Crippen LogP contribution in [0.25, 0.3) is 10.8 Å². The quantitative estimate of drug-likeness (QED) is 0.521. The van der Waals surface area contributed by atoms with Crippen molar-refractivity contribution >= 4 is 26.7 Å². The minimum atomic E-state index is -3.79. The summed E-state index contributed by atoms with van der Waals surface area (Å²) in [6.45, 7) is 4.84. The van der Waals surface area contributed by atoms with Crippen LogP contribution in [0.3, 0.4) is 0 Å².